The van der Waals surface area contributed by atoms with Crippen LogP contribution in [-0.2, 0) is 4.79 Å². The van der Waals surface area contributed by atoms with E-state index in [0.717, 1.165) is 12.8 Å². The van der Waals surface area contributed by atoms with Crippen LogP contribution >= 0.6 is 0 Å². The molecule has 1 aliphatic heterocycles. The Labute approximate surface area is 164 Å². The molecule has 0 atom stereocenters. The van der Waals surface area contributed by atoms with Crippen LogP contribution in [-0.4, -0.2) is 39.2 Å². The number of fused-ring (bicyclic) bond motifs is 1. The van der Waals surface area contributed by atoms with Gasteiger partial charge in [-0.3, -0.25) is 9.59 Å². The Morgan fingerprint density at radius 3 is 2.54 bits per heavy atom. The van der Waals surface area contributed by atoms with Crippen LogP contribution in [0.3, 0.4) is 0 Å². The van der Waals surface area contributed by atoms with Gasteiger partial charge in [0.15, 0.2) is 6.61 Å². The number of methoxy groups -OCH3 is 2. The summed E-state index contributed by atoms with van der Waals surface area (Å²) in [4.78, 5) is 26.9. The summed E-state index contributed by atoms with van der Waals surface area (Å²) in [7, 11) is 3.00. The highest BCUT2D eigenvalue weighted by Gasteiger charge is 2.26. The van der Waals surface area contributed by atoms with Gasteiger partial charge in [0.25, 0.3) is 11.8 Å². The smallest absolute Gasteiger partial charge is 0.265 e. The average molecular weight is 384 g/mol. The molecule has 0 saturated heterocycles. The van der Waals surface area contributed by atoms with Crippen molar-refractivity contribution in [2.45, 2.75) is 19.8 Å². The van der Waals surface area contributed by atoms with Gasteiger partial charge in [-0.25, -0.2) is 0 Å². The third-order valence-corrected chi connectivity index (χ3v) is 4.55. The van der Waals surface area contributed by atoms with Crippen molar-refractivity contribution in [2.24, 2.45) is 0 Å². The lowest BCUT2D eigenvalue weighted by atomic mass is 10.1. The monoisotopic (exact) mass is 384 g/mol. The number of amides is 2. The van der Waals surface area contributed by atoms with Crippen molar-refractivity contribution >= 4 is 23.2 Å². The summed E-state index contributed by atoms with van der Waals surface area (Å²) in [5.41, 5.74) is 1.52. The van der Waals surface area contributed by atoms with Gasteiger partial charge in [-0.15, -0.1) is 0 Å². The van der Waals surface area contributed by atoms with E-state index in [1.54, 1.807) is 41.3 Å². The van der Waals surface area contributed by atoms with E-state index in [-0.39, 0.29) is 18.4 Å². The minimum absolute atomic E-state index is 0.0286. The SMILES string of the molecule is CCCCN1C(=O)COc2ccc(NC(=O)c3c(OC)cccc3OC)cc21. The first-order valence-corrected chi connectivity index (χ1v) is 9.18. The van der Waals surface area contributed by atoms with Crippen LogP contribution in [0.15, 0.2) is 36.4 Å². The highest BCUT2D eigenvalue weighted by Crippen LogP contribution is 2.35. The van der Waals surface area contributed by atoms with Gasteiger partial charge in [0.05, 0.1) is 19.9 Å². The zero-order valence-electron chi connectivity index (χ0n) is 16.3. The normalized spacial score (nSPS) is 12.8. The van der Waals surface area contributed by atoms with Gasteiger partial charge in [-0.1, -0.05) is 19.4 Å². The highest BCUT2D eigenvalue weighted by molar-refractivity contribution is 6.09. The van der Waals surface area contributed by atoms with Crippen molar-refractivity contribution < 1.29 is 23.8 Å². The molecule has 7 nitrogen and oxygen atoms in total. The Hall–Kier alpha value is -3.22. The van der Waals surface area contributed by atoms with Gasteiger partial charge in [0.1, 0.15) is 22.8 Å². The molecule has 1 N–H and O–H groups in total. The maximum atomic E-state index is 12.9. The molecule has 1 aliphatic rings. The number of hydrogen-bond acceptors (Lipinski definition) is 5. The standard InChI is InChI=1S/C21H24N2O5/c1-4-5-11-23-15-12-14(9-10-16(15)28-13-19(23)24)22-21(25)20-17(26-2)7-6-8-18(20)27-3/h6-10,12H,4-5,11,13H2,1-3H3,(H,22,25). The molecule has 0 aromatic heterocycles. The third-order valence-electron chi connectivity index (χ3n) is 4.55. The fourth-order valence-electron chi connectivity index (χ4n) is 3.11. The van der Waals surface area contributed by atoms with Gasteiger partial charge >= 0.3 is 0 Å². The van der Waals surface area contributed by atoms with E-state index >= 15 is 0 Å². The first-order valence-electron chi connectivity index (χ1n) is 9.18. The summed E-state index contributed by atoms with van der Waals surface area (Å²) in [6.45, 7) is 2.72. The molecule has 2 aromatic rings. The molecule has 0 saturated carbocycles. The van der Waals surface area contributed by atoms with Crippen LogP contribution in [0, 0.1) is 0 Å². The molecule has 0 unspecified atom stereocenters. The molecular weight excluding hydrogens is 360 g/mol. The number of nitrogens with zero attached hydrogens (tertiary/aromatic N) is 1. The number of rotatable bonds is 7. The quantitative estimate of drug-likeness (QED) is 0.791. The van der Waals surface area contributed by atoms with Gasteiger partial charge in [-0.2, -0.15) is 0 Å². The van der Waals surface area contributed by atoms with E-state index in [2.05, 4.69) is 12.2 Å². The summed E-state index contributed by atoms with van der Waals surface area (Å²) in [5, 5.41) is 2.86. The van der Waals surface area contributed by atoms with E-state index in [1.165, 1.54) is 14.2 Å². The van der Waals surface area contributed by atoms with Gasteiger partial charge in [0.2, 0.25) is 0 Å². The minimum Gasteiger partial charge on any atom is -0.496 e. The molecule has 148 valence electrons. The zero-order chi connectivity index (χ0) is 20.1. The fraction of sp³-hybridized carbons (Fsp3) is 0.333. The zero-order valence-corrected chi connectivity index (χ0v) is 16.3. The first-order chi connectivity index (χ1) is 13.6. The average Bonchev–Trinajstić information content (AvgIpc) is 2.72. The number of carbonyl (C=O) groups is 2. The van der Waals surface area contributed by atoms with E-state index in [9.17, 15) is 9.59 Å². The molecule has 0 aliphatic carbocycles. The van der Waals surface area contributed by atoms with Gasteiger partial charge < -0.3 is 24.4 Å². The molecular formula is C21H24N2O5. The topological polar surface area (TPSA) is 77.1 Å². The molecule has 2 aromatic carbocycles. The van der Waals surface area contributed by atoms with Crippen LogP contribution in [0.4, 0.5) is 11.4 Å². The predicted octanol–water partition coefficient (Wildman–Crippen LogP) is 3.48. The molecule has 0 spiro atoms. The van der Waals surface area contributed by atoms with Crippen molar-refractivity contribution in [1.29, 1.82) is 0 Å². The maximum absolute atomic E-state index is 12.9. The lowest BCUT2D eigenvalue weighted by molar-refractivity contribution is -0.121. The second-order valence-electron chi connectivity index (χ2n) is 6.36. The Morgan fingerprint density at radius 1 is 1.18 bits per heavy atom. The third kappa shape index (κ3) is 3.88. The Kier molecular flexibility index (Phi) is 6.03. The first kappa shape index (κ1) is 19.5. The molecule has 0 radical (unpaired) electrons. The molecule has 0 bridgehead atoms. The number of nitrogens with one attached hydrogen (secondary N) is 1. The van der Waals surface area contributed by atoms with E-state index < -0.39 is 0 Å². The van der Waals surface area contributed by atoms with Crippen LogP contribution in [0.2, 0.25) is 0 Å². The van der Waals surface area contributed by atoms with Crippen molar-refractivity contribution in [1.82, 2.24) is 0 Å². The summed E-state index contributed by atoms with van der Waals surface area (Å²) in [5.74, 6) is 1.01. The highest BCUT2D eigenvalue weighted by atomic mass is 16.5. The number of unbranched alkanes of at least 4 members (excludes halogenated alkanes) is 1. The number of anilines is 2. The Morgan fingerprint density at radius 2 is 1.89 bits per heavy atom. The number of benzene rings is 2. The van der Waals surface area contributed by atoms with Crippen molar-refractivity contribution in [2.75, 3.05) is 37.6 Å². The minimum atomic E-state index is -0.364. The second kappa shape index (κ2) is 8.65. The lowest BCUT2D eigenvalue weighted by Gasteiger charge is -2.29. The summed E-state index contributed by atoms with van der Waals surface area (Å²) in [6, 6.07) is 10.4. The lowest BCUT2D eigenvalue weighted by Crippen LogP contribution is -2.39. The van der Waals surface area contributed by atoms with Gasteiger partial charge in [-0.05, 0) is 36.8 Å². The van der Waals surface area contributed by atoms with Crippen LogP contribution in [0.5, 0.6) is 17.2 Å². The van der Waals surface area contributed by atoms with E-state index in [1.807, 2.05) is 0 Å². The molecule has 1 heterocycles. The fourth-order valence-corrected chi connectivity index (χ4v) is 3.11. The molecule has 0 fully saturated rings. The number of ether oxygens (including phenoxy) is 3. The summed E-state index contributed by atoms with van der Waals surface area (Å²) in [6.07, 6.45) is 1.87. The van der Waals surface area contributed by atoms with E-state index in [0.29, 0.717) is 40.7 Å². The van der Waals surface area contributed by atoms with Crippen molar-refractivity contribution in [3.63, 3.8) is 0 Å². The molecule has 28 heavy (non-hydrogen) atoms. The van der Waals surface area contributed by atoms with Crippen LogP contribution in [0.1, 0.15) is 30.1 Å². The Balaban J connectivity index is 1.89. The van der Waals surface area contributed by atoms with Crippen LogP contribution in [0.25, 0.3) is 0 Å². The van der Waals surface area contributed by atoms with Crippen molar-refractivity contribution in [3.8, 4) is 17.2 Å². The summed E-state index contributed by atoms with van der Waals surface area (Å²) < 4.78 is 16.1. The van der Waals surface area contributed by atoms with Crippen molar-refractivity contribution in [3.05, 3.63) is 42.0 Å². The molecule has 3 rings (SSSR count). The maximum Gasteiger partial charge on any atom is 0.265 e. The molecule has 7 heteroatoms. The van der Waals surface area contributed by atoms with Gasteiger partial charge in [0, 0.05) is 12.2 Å². The summed E-state index contributed by atoms with van der Waals surface area (Å²) >= 11 is 0. The largest absolute Gasteiger partial charge is 0.496 e. The number of hydrogen-bond donors (Lipinski definition) is 1. The second-order valence-corrected chi connectivity index (χ2v) is 6.36. The number of carbonyl (C=O) groups excluding carboxylic acids is 2. The Bertz CT molecular complexity index is 859. The van der Waals surface area contributed by atoms with E-state index in [4.69, 9.17) is 14.2 Å². The predicted molar refractivity (Wildman–Crippen MR) is 107 cm³/mol. The molecule has 2 amide bonds. The van der Waals surface area contributed by atoms with Crippen LogP contribution < -0.4 is 24.4 Å².